The first-order valence-electron chi connectivity index (χ1n) is 2.19. The first kappa shape index (κ1) is 3.96. The molecule has 0 aromatic heterocycles. The van der Waals surface area contributed by atoms with E-state index in [2.05, 4.69) is 20.1 Å². The van der Waals surface area contributed by atoms with Crippen molar-refractivity contribution in [1.82, 2.24) is 0 Å². The lowest BCUT2D eigenvalue weighted by atomic mass is 10.6. The zero-order valence-electron chi connectivity index (χ0n) is 3.94. The standard InChI is InChI=1S/C3H2N4Si/c1-2-3(5-4-1)6-7-8-2/h1,8H. The van der Waals surface area contributed by atoms with Gasteiger partial charge in [0.15, 0.2) is 9.31 Å². The normalized spacial score (nSPS) is 21.0. The average Bonchev–Trinajstić information content (AvgIpc) is 2.15. The summed E-state index contributed by atoms with van der Waals surface area (Å²) < 4.78 is 3.82. The van der Waals surface area contributed by atoms with E-state index in [4.69, 9.17) is 0 Å². The maximum Gasteiger partial charge on any atom is 0.201 e. The van der Waals surface area contributed by atoms with Gasteiger partial charge in [-0.05, 0) is 0 Å². The maximum absolute atomic E-state index is 3.82. The molecule has 2 heterocycles. The van der Waals surface area contributed by atoms with Gasteiger partial charge in [-0.3, -0.25) is 0 Å². The Morgan fingerprint density at radius 1 is 1.50 bits per heavy atom. The van der Waals surface area contributed by atoms with Crippen molar-refractivity contribution in [2.24, 2.45) is 20.1 Å². The highest BCUT2D eigenvalue weighted by Crippen LogP contribution is 2.10. The van der Waals surface area contributed by atoms with E-state index in [1.807, 2.05) is 0 Å². The fourth-order valence-electron chi connectivity index (χ4n) is 0.576. The number of azo groups is 1. The first-order valence-corrected chi connectivity index (χ1v) is 3.28. The van der Waals surface area contributed by atoms with Gasteiger partial charge in [-0.25, -0.2) is 4.74 Å². The van der Waals surface area contributed by atoms with Gasteiger partial charge in [0.05, 0.1) is 6.20 Å². The third kappa shape index (κ3) is 0.361. The Balaban J connectivity index is 2.59. The van der Waals surface area contributed by atoms with Crippen molar-refractivity contribution in [3.05, 3.63) is 11.4 Å². The Bertz CT molecular complexity index is 210. The first-order chi connectivity index (χ1) is 3.97. The van der Waals surface area contributed by atoms with Gasteiger partial charge in [0.1, 0.15) is 0 Å². The largest absolute Gasteiger partial charge is 0.209 e. The van der Waals surface area contributed by atoms with Crippen molar-refractivity contribution in [3.63, 3.8) is 0 Å². The Hall–Kier alpha value is -0.973. The SMILES string of the molecule is C1=C2[SiH]=NN=C2N=N1. The van der Waals surface area contributed by atoms with Gasteiger partial charge in [0.2, 0.25) is 5.84 Å². The summed E-state index contributed by atoms with van der Waals surface area (Å²) in [6.07, 6.45) is 1.73. The zero-order chi connectivity index (χ0) is 5.40. The van der Waals surface area contributed by atoms with E-state index >= 15 is 0 Å². The van der Waals surface area contributed by atoms with Crippen LogP contribution in [0.25, 0.3) is 0 Å². The molecule has 5 heteroatoms. The summed E-state index contributed by atoms with van der Waals surface area (Å²) in [4.78, 5) is 0. The summed E-state index contributed by atoms with van der Waals surface area (Å²) in [5, 5.41) is 12.2. The van der Waals surface area contributed by atoms with Crippen LogP contribution >= 0.6 is 0 Å². The molecule has 0 fully saturated rings. The second kappa shape index (κ2) is 1.25. The second-order valence-corrected chi connectivity index (χ2v) is 2.58. The summed E-state index contributed by atoms with van der Waals surface area (Å²) >= 11 is 0. The Morgan fingerprint density at radius 3 is 3.38 bits per heavy atom. The van der Waals surface area contributed by atoms with E-state index < -0.39 is 0 Å². The Morgan fingerprint density at radius 2 is 2.50 bits per heavy atom. The predicted molar refractivity (Wildman–Crippen MR) is 30.0 cm³/mol. The number of nitrogens with zero attached hydrogens (tertiary/aromatic N) is 4. The van der Waals surface area contributed by atoms with E-state index in [0.29, 0.717) is 0 Å². The summed E-state index contributed by atoms with van der Waals surface area (Å²) in [6.45, 7) is 0. The molecule has 0 N–H and O–H groups in total. The van der Waals surface area contributed by atoms with Gasteiger partial charge >= 0.3 is 0 Å². The molecule has 38 valence electrons. The van der Waals surface area contributed by atoms with Crippen LogP contribution in [0.2, 0.25) is 0 Å². The maximum atomic E-state index is 3.82. The lowest BCUT2D eigenvalue weighted by Gasteiger charge is -1.75. The van der Waals surface area contributed by atoms with Crippen molar-refractivity contribution in [2.45, 2.75) is 0 Å². The molecule has 0 aliphatic carbocycles. The van der Waals surface area contributed by atoms with E-state index in [1.165, 1.54) is 0 Å². The molecule has 8 heavy (non-hydrogen) atoms. The molecule has 2 aliphatic rings. The van der Waals surface area contributed by atoms with Crippen LogP contribution in [-0.4, -0.2) is 15.1 Å². The van der Waals surface area contributed by atoms with Gasteiger partial charge in [0, 0.05) is 5.20 Å². The van der Waals surface area contributed by atoms with Crippen LogP contribution < -0.4 is 0 Å². The predicted octanol–water partition coefficient (Wildman–Crippen LogP) is 0.241. The van der Waals surface area contributed by atoms with Crippen molar-refractivity contribution in [1.29, 1.82) is 0 Å². The van der Waals surface area contributed by atoms with Gasteiger partial charge < -0.3 is 0 Å². The van der Waals surface area contributed by atoms with Crippen LogP contribution in [0.15, 0.2) is 31.5 Å². The molecule has 0 aromatic rings. The topological polar surface area (TPSA) is 49.4 Å². The molecule has 2 aliphatic heterocycles. The molecular formula is C3H2N4Si. The van der Waals surface area contributed by atoms with Crippen LogP contribution in [0, 0.1) is 0 Å². The molecule has 0 aromatic carbocycles. The third-order valence-electron chi connectivity index (χ3n) is 0.957. The van der Waals surface area contributed by atoms with Crippen molar-refractivity contribution in [3.8, 4) is 0 Å². The van der Waals surface area contributed by atoms with Crippen LogP contribution in [0.4, 0.5) is 0 Å². The number of amidine groups is 1. The zero-order valence-corrected chi connectivity index (χ0v) is 5.10. The molecule has 0 radical (unpaired) electrons. The highest BCUT2D eigenvalue weighted by molar-refractivity contribution is 6.47. The molecule has 0 amide bonds. The van der Waals surface area contributed by atoms with Crippen molar-refractivity contribution < 1.29 is 0 Å². The van der Waals surface area contributed by atoms with Crippen molar-refractivity contribution >= 4 is 15.1 Å². The molecule has 0 saturated carbocycles. The molecule has 0 saturated heterocycles. The van der Waals surface area contributed by atoms with Gasteiger partial charge in [-0.1, -0.05) is 0 Å². The Labute approximate surface area is 47.6 Å². The second-order valence-electron chi connectivity index (χ2n) is 1.47. The minimum Gasteiger partial charge on any atom is -0.209 e. The minimum atomic E-state index is 0.00231. The number of fused-ring (bicyclic) bond motifs is 1. The lowest BCUT2D eigenvalue weighted by molar-refractivity contribution is 1.24. The fraction of sp³-hybridized carbons (Fsp3) is 0. The van der Waals surface area contributed by atoms with E-state index in [1.54, 1.807) is 6.20 Å². The summed E-state index contributed by atoms with van der Waals surface area (Å²) in [5.41, 5.74) is 0. The fourth-order valence-corrected chi connectivity index (χ4v) is 1.23. The molecule has 2 rings (SSSR count). The number of hydrogen-bond donors (Lipinski definition) is 0. The highest BCUT2D eigenvalue weighted by atomic mass is 28.2. The van der Waals surface area contributed by atoms with Crippen LogP contribution in [0.5, 0.6) is 0 Å². The minimum absolute atomic E-state index is 0.00231. The van der Waals surface area contributed by atoms with Crippen LogP contribution in [0.3, 0.4) is 0 Å². The monoisotopic (exact) mass is 122 g/mol. The smallest absolute Gasteiger partial charge is 0.201 e. The highest BCUT2D eigenvalue weighted by Gasteiger charge is 2.12. The van der Waals surface area contributed by atoms with Crippen LogP contribution in [-0.2, 0) is 0 Å². The molecule has 0 spiro atoms. The summed E-state index contributed by atoms with van der Waals surface area (Å²) in [6, 6.07) is 0. The van der Waals surface area contributed by atoms with Gasteiger partial charge in [-0.2, -0.15) is 5.11 Å². The molecule has 0 atom stereocenters. The molecule has 4 nitrogen and oxygen atoms in total. The van der Waals surface area contributed by atoms with Gasteiger partial charge in [-0.15, -0.1) is 10.2 Å². The number of hydrogen-bond acceptors (Lipinski definition) is 4. The summed E-state index contributed by atoms with van der Waals surface area (Å²) in [5.74, 6) is 0.722. The molecule has 0 unspecified atom stereocenters. The van der Waals surface area contributed by atoms with E-state index in [0.717, 1.165) is 11.0 Å². The average molecular weight is 122 g/mol. The van der Waals surface area contributed by atoms with E-state index in [9.17, 15) is 0 Å². The lowest BCUT2D eigenvalue weighted by Crippen LogP contribution is -1.89. The Kier molecular flexibility index (Phi) is 0.620. The van der Waals surface area contributed by atoms with E-state index in [-0.39, 0.29) is 9.31 Å². The van der Waals surface area contributed by atoms with Gasteiger partial charge in [0.25, 0.3) is 0 Å². The third-order valence-corrected chi connectivity index (χ3v) is 1.87. The van der Waals surface area contributed by atoms with Crippen molar-refractivity contribution in [2.75, 3.05) is 0 Å². The quantitative estimate of drug-likeness (QED) is 0.413. The molecule has 0 bridgehead atoms. The van der Waals surface area contributed by atoms with Crippen LogP contribution in [0.1, 0.15) is 0 Å². The summed E-state index contributed by atoms with van der Waals surface area (Å²) in [7, 11) is 0.00231. The number of rotatable bonds is 0. The molecular weight excluding hydrogens is 120 g/mol.